The molecule has 0 radical (unpaired) electrons. The van der Waals surface area contributed by atoms with Gasteiger partial charge in [0.05, 0.1) is 5.70 Å². The van der Waals surface area contributed by atoms with Gasteiger partial charge in [0.2, 0.25) is 0 Å². The topological polar surface area (TPSA) is 67.1 Å². The zero-order valence-corrected chi connectivity index (χ0v) is 12.4. The van der Waals surface area contributed by atoms with Crippen LogP contribution in [0.25, 0.3) is 0 Å². The van der Waals surface area contributed by atoms with E-state index < -0.39 is 5.83 Å². The van der Waals surface area contributed by atoms with Crippen LogP contribution >= 0.6 is 0 Å². The molecular formula is C16H21F2N3O. The molecule has 0 aliphatic rings. The van der Waals surface area contributed by atoms with Crippen LogP contribution in [-0.2, 0) is 0 Å². The van der Waals surface area contributed by atoms with Gasteiger partial charge in [-0.1, -0.05) is 13.0 Å². The fourth-order valence-electron chi connectivity index (χ4n) is 1.72. The second-order valence-corrected chi connectivity index (χ2v) is 4.81. The first kappa shape index (κ1) is 17.7. The first-order chi connectivity index (χ1) is 10.5. The molecule has 120 valence electrons. The fourth-order valence-corrected chi connectivity index (χ4v) is 1.72. The number of hydrogen-bond donors (Lipinski definition) is 3. The lowest BCUT2D eigenvalue weighted by Crippen LogP contribution is -2.29. The van der Waals surface area contributed by atoms with E-state index in [1.165, 1.54) is 30.3 Å². The van der Waals surface area contributed by atoms with Crippen LogP contribution < -0.4 is 16.4 Å². The molecule has 0 fully saturated rings. The molecule has 4 N–H and O–H groups in total. The largest absolute Gasteiger partial charge is 0.397 e. The number of nitrogens with two attached hydrogens (primary N) is 1. The standard InChI is InChI=1S/C16H21F2N3O/c1-12(19)15(18)6-4-2-3-5-11-20-16(22)21-14-9-7-13(17)8-10-14/h6-10H,1-5,11,19H2,(H2,20,21,22)/b15-6-. The molecule has 0 spiro atoms. The van der Waals surface area contributed by atoms with Crippen LogP contribution in [0.5, 0.6) is 0 Å². The molecule has 0 unspecified atom stereocenters. The highest BCUT2D eigenvalue weighted by molar-refractivity contribution is 5.89. The summed E-state index contributed by atoms with van der Waals surface area (Å²) in [5, 5.41) is 5.30. The Morgan fingerprint density at radius 2 is 1.91 bits per heavy atom. The van der Waals surface area contributed by atoms with Gasteiger partial charge in [-0.15, -0.1) is 0 Å². The number of unbranched alkanes of at least 4 members (excludes halogenated alkanes) is 3. The maximum Gasteiger partial charge on any atom is 0.319 e. The average Bonchev–Trinajstić information content (AvgIpc) is 2.48. The quantitative estimate of drug-likeness (QED) is 0.504. The molecule has 4 nitrogen and oxygen atoms in total. The van der Waals surface area contributed by atoms with Gasteiger partial charge in [-0.3, -0.25) is 0 Å². The number of carbonyl (C=O) groups excluding carboxylic acids is 1. The van der Waals surface area contributed by atoms with E-state index in [0.29, 0.717) is 18.7 Å². The van der Waals surface area contributed by atoms with Crippen molar-refractivity contribution < 1.29 is 13.6 Å². The second kappa shape index (κ2) is 9.55. The molecule has 0 aromatic heterocycles. The lowest BCUT2D eigenvalue weighted by molar-refractivity contribution is 0.252. The maximum absolute atomic E-state index is 13.0. The van der Waals surface area contributed by atoms with Crippen molar-refractivity contribution in [3.63, 3.8) is 0 Å². The van der Waals surface area contributed by atoms with Gasteiger partial charge >= 0.3 is 6.03 Å². The Morgan fingerprint density at radius 1 is 1.23 bits per heavy atom. The number of hydrogen-bond acceptors (Lipinski definition) is 2. The summed E-state index contributed by atoms with van der Waals surface area (Å²) in [6, 6.07) is 5.19. The molecule has 1 rings (SSSR count). The first-order valence-corrected chi connectivity index (χ1v) is 7.10. The molecule has 1 aromatic carbocycles. The minimum absolute atomic E-state index is 0.0564. The van der Waals surface area contributed by atoms with E-state index in [4.69, 9.17) is 5.73 Å². The Kier molecular flexibility index (Phi) is 7.67. The highest BCUT2D eigenvalue weighted by atomic mass is 19.1. The first-order valence-electron chi connectivity index (χ1n) is 7.10. The van der Waals surface area contributed by atoms with Crippen LogP contribution in [0.3, 0.4) is 0 Å². The number of rotatable bonds is 8. The Labute approximate surface area is 129 Å². The third-order valence-corrected chi connectivity index (χ3v) is 2.90. The van der Waals surface area contributed by atoms with Gasteiger partial charge in [0.25, 0.3) is 0 Å². The van der Waals surface area contributed by atoms with Crippen molar-refractivity contribution in [3.05, 3.63) is 54.3 Å². The number of halogens is 2. The summed E-state index contributed by atoms with van der Waals surface area (Å²) in [6.45, 7) is 3.82. The van der Waals surface area contributed by atoms with Crippen LogP contribution in [0.2, 0.25) is 0 Å². The maximum atomic E-state index is 13.0. The van der Waals surface area contributed by atoms with E-state index in [0.717, 1.165) is 19.3 Å². The number of allylic oxidation sites excluding steroid dienone is 2. The molecule has 0 aliphatic carbocycles. The van der Waals surface area contributed by atoms with Crippen LogP contribution in [0.15, 0.2) is 48.4 Å². The van der Waals surface area contributed by atoms with E-state index in [1.807, 2.05) is 0 Å². The summed E-state index contributed by atoms with van der Waals surface area (Å²) in [4.78, 5) is 11.6. The van der Waals surface area contributed by atoms with Gasteiger partial charge < -0.3 is 16.4 Å². The predicted molar refractivity (Wildman–Crippen MR) is 84.4 cm³/mol. The van der Waals surface area contributed by atoms with Gasteiger partial charge in [-0.05, 0) is 49.6 Å². The van der Waals surface area contributed by atoms with Crippen molar-refractivity contribution in [2.24, 2.45) is 5.73 Å². The average molecular weight is 309 g/mol. The zero-order valence-electron chi connectivity index (χ0n) is 12.4. The number of amides is 2. The Hall–Kier alpha value is -2.37. The van der Waals surface area contributed by atoms with Gasteiger partial charge in [0, 0.05) is 12.2 Å². The van der Waals surface area contributed by atoms with Crippen molar-refractivity contribution in [2.45, 2.75) is 25.7 Å². The van der Waals surface area contributed by atoms with Crippen LogP contribution in [0.4, 0.5) is 19.3 Å². The predicted octanol–water partition coefficient (Wildman–Crippen LogP) is 3.83. The normalized spacial score (nSPS) is 11.1. The minimum atomic E-state index is -0.475. The van der Waals surface area contributed by atoms with Crippen molar-refractivity contribution >= 4 is 11.7 Å². The monoisotopic (exact) mass is 309 g/mol. The molecule has 0 atom stereocenters. The van der Waals surface area contributed by atoms with E-state index in [9.17, 15) is 13.6 Å². The van der Waals surface area contributed by atoms with Crippen molar-refractivity contribution in [1.29, 1.82) is 0 Å². The summed E-state index contributed by atoms with van der Waals surface area (Å²) in [7, 11) is 0. The molecule has 6 heteroatoms. The third kappa shape index (κ3) is 7.42. The molecule has 2 amide bonds. The highest BCUT2D eigenvalue weighted by Gasteiger charge is 2.01. The molecule has 0 saturated heterocycles. The number of urea groups is 1. The summed E-state index contributed by atoms with van der Waals surface area (Å²) in [6.07, 6.45) is 4.45. The Morgan fingerprint density at radius 3 is 2.55 bits per heavy atom. The van der Waals surface area contributed by atoms with Gasteiger partial charge in [-0.25, -0.2) is 13.6 Å². The smallest absolute Gasteiger partial charge is 0.319 e. The van der Waals surface area contributed by atoms with Gasteiger partial charge in [-0.2, -0.15) is 0 Å². The molecule has 0 aliphatic heterocycles. The van der Waals surface area contributed by atoms with Gasteiger partial charge in [0.1, 0.15) is 11.6 Å². The third-order valence-electron chi connectivity index (χ3n) is 2.90. The Balaban J connectivity index is 2.09. The molecule has 22 heavy (non-hydrogen) atoms. The van der Waals surface area contributed by atoms with Crippen LogP contribution in [-0.4, -0.2) is 12.6 Å². The Bertz CT molecular complexity index is 527. The van der Waals surface area contributed by atoms with Crippen LogP contribution in [0, 0.1) is 5.82 Å². The highest BCUT2D eigenvalue weighted by Crippen LogP contribution is 2.09. The lowest BCUT2D eigenvalue weighted by atomic mass is 10.2. The van der Waals surface area contributed by atoms with E-state index >= 15 is 0 Å². The SMILES string of the molecule is C=C(N)/C(F)=C/CCCCCNC(=O)Nc1ccc(F)cc1. The van der Waals surface area contributed by atoms with E-state index in [-0.39, 0.29) is 17.5 Å². The molecule has 1 aromatic rings. The number of nitrogens with one attached hydrogen (secondary N) is 2. The molecule has 0 bridgehead atoms. The van der Waals surface area contributed by atoms with E-state index in [1.54, 1.807) is 0 Å². The molecule has 0 saturated carbocycles. The van der Waals surface area contributed by atoms with E-state index in [2.05, 4.69) is 17.2 Å². The molecular weight excluding hydrogens is 288 g/mol. The van der Waals surface area contributed by atoms with Crippen molar-refractivity contribution in [1.82, 2.24) is 5.32 Å². The number of carbonyl (C=O) groups is 1. The van der Waals surface area contributed by atoms with Crippen molar-refractivity contribution in [2.75, 3.05) is 11.9 Å². The van der Waals surface area contributed by atoms with Crippen LogP contribution in [0.1, 0.15) is 25.7 Å². The summed E-state index contributed by atoms with van der Waals surface area (Å²) >= 11 is 0. The summed E-state index contributed by atoms with van der Waals surface area (Å²) < 4.78 is 25.7. The van der Waals surface area contributed by atoms with Crippen molar-refractivity contribution in [3.8, 4) is 0 Å². The zero-order chi connectivity index (χ0) is 16.4. The fraction of sp³-hybridized carbons (Fsp3) is 0.312. The number of anilines is 1. The minimum Gasteiger partial charge on any atom is -0.397 e. The lowest BCUT2D eigenvalue weighted by Gasteiger charge is -2.07. The van der Waals surface area contributed by atoms with Gasteiger partial charge in [0.15, 0.2) is 0 Å². The summed E-state index contributed by atoms with van der Waals surface area (Å²) in [5.41, 5.74) is 5.66. The summed E-state index contributed by atoms with van der Waals surface area (Å²) in [5.74, 6) is -0.827. The number of benzene rings is 1. The second-order valence-electron chi connectivity index (χ2n) is 4.81. The molecule has 0 heterocycles.